The molecule has 0 saturated heterocycles. The largest absolute Gasteiger partial charge is 0.476 e. The molecule has 9 nitrogen and oxygen atoms in total. The summed E-state index contributed by atoms with van der Waals surface area (Å²) in [6.07, 6.45) is 6.65. The van der Waals surface area contributed by atoms with Gasteiger partial charge in [-0.15, -0.1) is 0 Å². The number of oxazole rings is 2. The summed E-state index contributed by atoms with van der Waals surface area (Å²) in [4.78, 5) is 27.1. The summed E-state index contributed by atoms with van der Waals surface area (Å²) in [5, 5.41) is 20.5. The van der Waals surface area contributed by atoms with E-state index in [9.17, 15) is 4.79 Å². The van der Waals surface area contributed by atoms with E-state index in [-0.39, 0.29) is 5.69 Å². The number of benzene rings is 2. The molecule has 2 aromatic carbocycles. The molecular weight excluding hydrogens is 541 g/mol. The average molecular weight is 558 g/mol. The number of fused-ring (bicyclic) bond motifs is 2. The summed E-state index contributed by atoms with van der Waals surface area (Å²) in [5.41, 5.74) is 3.91. The van der Waals surface area contributed by atoms with Crippen LogP contribution >= 0.6 is 23.2 Å². The minimum atomic E-state index is -1.10. The highest BCUT2D eigenvalue weighted by molar-refractivity contribution is 6.31. The maximum absolute atomic E-state index is 10.7. The predicted molar refractivity (Wildman–Crippen MR) is 144 cm³/mol. The van der Waals surface area contributed by atoms with Crippen LogP contribution < -0.4 is 0 Å². The van der Waals surface area contributed by atoms with Gasteiger partial charge in [0.25, 0.3) is 0 Å². The lowest BCUT2D eigenvalue weighted by Crippen LogP contribution is -1.97. The van der Waals surface area contributed by atoms with Crippen LogP contribution in [-0.2, 0) is 12.8 Å². The van der Waals surface area contributed by atoms with E-state index in [4.69, 9.17) is 42.4 Å². The Bertz CT molecular complexity index is 1860. The van der Waals surface area contributed by atoms with Crippen molar-refractivity contribution in [2.45, 2.75) is 12.8 Å². The lowest BCUT2D eigenvalue weighted by atomic mass is 10.1. The molecule has 0 amide bonds. The number of halogens is 2. The number of nitrogens with zero attached hydrogens (tertiary/aromatic N) is 5. The highest BCUT2D eigenvalue weighted by atomic mass is 35.5. The normalized spacial score (nSPS) is 10.7. The fourth-order valence-electron chi connectivity index (χ4n) is 3.81. The van der Waals surface area contributed by atoms with Crippen LogP contribution in [0, 0.1) is 11.3 Å². The first-order valence-corrected chi connectivity index (χ1v) is 12.2. The third-order valence-electron chi connectivity index (χ3n) is 5.57. The van der Waals surface area contributed by atoms with Crippen molar-refractivity contribution in [2.24, 2.45) is 0 Å². The van der Waals surface area contributed by atoms with Gasteiger partial charge in [0.05, 0.1) is 21.1 Å². The first-order chi connectivity index (χ1) is 18.9. The van der Waals surface area contributed by atoms with Gasteiger partial charge in [0.1, 0.15) is 18.6 Å². The Morgan fingerprint density at radius 2 is 1.36 bits per heavy atom. The molecule has 0 radical (unpaired) electrons. The number of carbonyl (C=O) groups is 1. The molecule has 0 aliphatic carbocycles. The number of nitriles is 1. The number of carboxylic acid groups (broad SMARTS) is 1. The Labute approximate surface area is 231 Å². The van der Waals surface area contributed by atoms with Crippen molar-refractivity contribution in [3.05, 3.63) is 118 Å². The molecule has 0 saturated carbocycles. The molecule has 39 heavy (non-hydrogen) atoms. The molecule has 1 N–H and O–H groups in total. The second-order valence-corrected chi connectivity index (χ2v) is 9.26. The van der Waals surface area contributed by atoms with Crippen LogP contribution in [0.2, 0.25) is 10.0 Å². The maximum Gasteiger partial charge on any atom is 0.357 e. The molecule has 4 heterocycles. The highest BCUT2D eigenvalue weighted by Crippen LogP contribution is 2.21. The first kappa shape index (κ1) is 25.9. The van der Waals surface area contributed by atoms with E-state index in [2.05, 4.69) is 19.9 Å². The van der Waals surface area contributed by atoms with Gasteiger partial charge in [0, 0.05) is 36.0 Å². The number of aromatic carboxylic acids is 1. The smallest absolute Gasteiger partial charge is 0.357 e. The van der Waals surface area contributed by atoms with Gasteiger partial charge in [-0.1, -0.05) is 35.3 Å². The number of aromatic nitrogens is 4. The maximum atomic E-state index is 10.7. The lowest BCUT2D eigenvalue weighted by molar-refractivity contribution is 0.0690. The van der Waals surface area contributed by atoms with Crippen molar-refractivity contribution in [2.75, 3.05) is 0 Å². The summed E-state index contributed by atoms with van der Waals surface area (Å²) in [5.74, 6) is -0.225. The molecule has 0 aliphatic rings. The zero-order chi connectivity index (χ0) is 27.4. The Morgan fingerprint density at radius 1 is 0.821 bits per heavy atom. The van der Waals surface area contributed by atoms with Crippen molar-refractivity contribution in [1.29, 1.82) is 5.26 Å². The van der Waals surface area contributed by atoms with Gasteiger partial charge in [-0.25, -0.2) is 14.8 Å². The Morgan fingerprint density at radius 3 is 1.85 bits per heavy atom. The number of hydrogen-bond acceptors (Lipinski definition) is 8. The fraction of sp³-hybridized carbons (Fsp3) is 0.0714. The van der Waals surface area contributed by atoms with Gasteiger partial charge < -0.3 is 13.9 Å². The summed E-state index contributed by atoms with van der Waals surface area (Å²) < 4.78 is 10.4. The van der Waals surface area contributed by atoms with Crippen LogP contribution in [0.15, 0.2) is 82.3 Å². The third kappa shape index (κ3) is 6.38. The molecule has 4 aromatic heterocycles. The molecule has 0 spiro atoms. The lowest BCUT2D eigenvalue weighted by Gasteiger charge is -2.01. The molecule has 192 valence electrons. The van der Waals surface area contributed by atoms with Gasteiger partial charge >= 0.3 is 5.97 Å². The van der Waals surface area contributed by atoms with Crippen molar-refractivity contribution < 1.29 is 18.7 Å². The number of rotatable bonds is 5. The molecule has 0 bridgehead atoms. The second kappa shape index (κ2) is 11.3. The molecule has 11 heteroatoms. The minimum Gasteiger partial charge on any atom is -0.476 e. The molecule has 0 unspecified atom stereocenters. The minimum absolute atomic E-state index is 0.0921. The van der Waals surface area contributed by atoms with Crippen LogP contribution in [0.4, 0.5) is 0 Å². The quantitative estimate of drug-likeness (QED) is 0.251. The van der Waals surface area contributed by atoms with Gasteiger partial charge in [0.2, 0.25) is 0 Å². The zero-order valence-corrected chi connectivity index (χ0v) is 21.5. The van der Waals surface area contributed by atoms with E-state index in [0.717, 1.165) is 39.2 Å². The summed E-state index contributed by atoms with van der Waals surface area (Å²) in [6.45, 7) is 0. The number of pyridine rings is 2. The molecule has 6 aromatic rings. The van der Waals surface area contributed by atoms with Gasteiger partial charge in [0.15, 0.2) is 23.2 Å². The summed E-state index contributed by atoms with van der Waals surface area (Å²) in [6, 6.07) is 17.2. The first-order valence-electron chi connectivity index (χ1n) is 11.5. The van der Waals surface area contributed by atoms with Crippen LogP contribution in [0.3, 0.4) is 0 Å². The number of carboxylic acids is 1. The average Bonchev–Trinajstić information content (AvgIpc) is 3.58. The summed E-state index contributed by atoms with van der Waals surface area (Å²) >= 11 is 11.8. The van der Waals surface area contributed by atoms with Crippen LogP contribution in [0.5, 0.6) is 0 Å². The van der Waals surface area contributed by atoms with E-state index in [1.54, 1.807) is 12.4 Å². The van der Waals surface area contributed by atoms with Crippen LogP contribution in [-0.4, -0.2) is 31.0 Å². The molecular formula is C28H17Cl2N5O4. The van der Waals surface area contributed by atoms with E-state index in [1.807, 2.05) is 54.6 Å². The molecule has 6 rings (SSSR count). The van der Waals surface area contributed by atoms with Gasteiger partial charge in [-0.3, -0.25) is 9.97 Å². The SMILES string of the molecule is N#Cc1coc(Cc2ccc3ncc(Cl)cc3c2)n1.O=C(O)c1coc(Cc2ccc3ncc(Cl)cc3c2)n1. The standard InChI is InChI=1S/C14H8ClN3O.C14H9ClN2O3/c15-11-5-10-3-9(1-2-13(10)17-7-11)4-14-18-12(6-16)8-19-14;15-10-5-9-3-8(1-2-11(9)16-6-10)4-13-17-12(7-20-13)14(18)19/h1-3,5,7-8H,4H2;1-3,5-7H,4H2,(H,18,19). The molecule has 0 fully saturated rings. The highest BCUT2D eigenvalue weighted by Gasteiger charge is 2.11. The van der Waals surface area contributed by atoms with E-state index in [1.165, 1.54) is 6.26 Å². The summed E-state index contributed by atoms with van der Waals surface area (Å²) in [7, 11) is 0. The zero-order valence-electron chi connectivity index (χ0n) is 20.0. The van der Waals surface area contributed by atoms with Gasteiger partial charge in [-0.05, 0) is 47.5 Å². The molecule has 0 aliphatic heterocycles. The second-order valence-electron chi connectivity index (χ2n) is 8.38. The van der Waals surface area contributed by atoms with Crippen molar-refractivity contribution in [3.63, 3.8) is 0 Å². The Kier molecular flexibility index (Phi) is 7.50. The van der Waals surface area contributed by atoms with Crippen molar-refractivity contribution in [1.82, 2.24) is 19.9 Å². The van der Waals surface area contributed by atoms with E-state index < -0.39 is 5.97 Å². The Hall–Kier alpha value is -4.78. The van der Waals surface area contributed by atoms with Crippen molar-refractivity contribution in [3.8, 4) is 6.07 Å². The van der Waals surface area contributed by atoms with Crippen molar-refractivity contribution >= 4 is 51.0 Å². The number of hydrogen-bond donors (Lipinski definition) is 1. The predicted octanol–water partition coefficient (Wildman–Crippen LogP) is 6.50. The monoisotopic (exact) mass is 557 g/mol. The van der Waals surface area contributed by atoms with E-state index in [0.29, 0.717) is 40.4 Å². The topological polar surface area (TPSA) is 139 Å². The molecule has 0 atom stereocenters. The fourth-order valence-corrected chi connectivity index (χ4v) is 4.14. The van der Waals surface area contributed by atoms with Crippen LogP contribution in [0.1, 0.15) is 39.1 Å². The third-order valence-corrected chi connectivity index (χ3v) is 5.99. The van der Waals surface area contributed by atoms with Crippen LogP contribution in [0.25, 0.3) is 21.8 Å². The Balaban J connectivity index is 0.000000158. The van der Waals surface area contributed by atoms with E-state index >= 15 is 0 Å². The van der Waals surface area contributed by atoms with Gasteiger partial charge in [-0.2, -0.15) is 5.26 Å².